The summed E-state index contributed by atoms with van der Waals surface area (Å²) in [5.41, 5.74) is 7.05. The van der Waals surface area contributed by atoms with Gasteiger partial charge in [-0.2, -0.15) is 0 Å². The Balaban J connectivity index is 2.21. The Kier molecular flexibility index (Phi) is 4.53. The second-order valence-corrected chi connectivity index (χ2v) is 5.26. The topological polar surface area (TPSA) is 72.2 Å². The fourth-order valence-corrected chi connectivity index (χ4v) is 2.87. The van der Waals surface area contributed by atoms with E-state index in [1.807, 2.05) is 24.4 Å². The molecule has 0 bridgehead atoms. The van der Waals surface area contributed by atoms with Crippen molar-refractivity contribution in [3.8, 4) is 0 Å². The fraction of sp³-hybridized carbons (Fsp3) is 0.200. The second-order valence-electron chi connectivity index (χ2n) is 4.35. The molecule has 2 amide bonds. The third-order valence-corrected chi connectivity index (χ3v) is 3.98. The summed E-state index contributed by atoms with van der Waals surface area (Å²) < 4.78 is 0. The lowest BCUT2D eigenvalue weighted by molar-refractivity contribution is -0.120. The molecular formula is C15H16N2O2S. The number of nitrogens with one attached hydrogen (secondary N) is 1. The molecule has 0 unspecified atom stereocenters. The quantitative estimate of drug-likeness (QED) is 0.886. The molecular weight excluding hydrogens is 272 g/mol. The van der Waals surface area contributed by atoms with E-state index in [1.165, 1.54) is 11.3 Å². The molecule has 1 aromatic heterocycles. The number of benzene rings is 1. The molecule has 0 aliphatic heterocycles. The molecule has 0 saturated heterocycles. The van der Waals surface area contributed by atoms with Crippen LogP contribution in [0.15, 0.2) is 41.8 Å². The largest absolute Gasteiger partial charge is 0.368 e. The Labute approximate surface area is 121 Å². The van der Waals surface area contributed by atoms with E-state index in [-0.39, 0.29) is 5.91 Å². The summed E-state index contributed by atoms with van der Waals surface area (Å²) in [5, 5.41) is 4.58. The number of rotatable bonds is 5. The Morgan fingerprint density at radius 3 is 2.55 bits per heavy atom. The minimum atomic E-state index is -0.810. The lowest BCUT2D eigenvalue weighted by atomic mass is 10.1. The van der Waals surface area contributed by atoms with Crippen LogP contribution < -0.4 is 11.1 Å². The molecule has 0 aliphatic rings. The molecule has 4 nitrogen and oxygen atoms in total. The van der Waals surface area contributed by atoms with Gasteiger partial charge in [0, 0.05) is 0 Å². The highest BCUT2D eigenvalue weighted by atomic mass is 32.1. The number of hydrogen-bond donors (Lipinski definition) is 2. The fourth-order valence-electron chi connectivity index (χ4n) is 1.97. The minimum absolute atomic E-state index is 0.260. The van der Waals surface area contributed by atoms with Crippen LogP contribution in [0.25, 0.3) is 0 Å². The summed E-state index contributed by atoms with van der Waals surface area (Å²) in [7, 11) is 0. The van der Waals surface area contributed by atoms with Gasteiger partial charge in [0.25, 0.3) is 5.91 Å². The Bertz CT molecular complexity index is 607. The Morgan fingerprint density at radius 1 is 1.25 bits per heavy atom. The maximum absolute atomic E-state index is 12.3. The normalized spacial score (nSPS) is 11.8. The second kappa shape index (κ2) is 6.34. The maximum Gasteiger partial charge on any atom is 0.262 e. The van der Waals surface area contributed by atoms with E-state index in [2.05, 4.69) is 5.32 Å². The molecule has 5 heteroatoms. The van der Waals surface area contributed by atoms with Crippen molar-refractivity contribution in [2.45, 2.75) is 19.4 Å². The van der Waals surface area contributed by atoms with Crippen LogP contribution in [0.5, 0.6) is 0 Å². The highest BCUT2D eigenvalue weighted by Gasteiger charge is 2.22. The van der Waals surface area contributed by atoms with Gasteiger partial charge in [-0.15, -0.1) is 11.3 Å². The van der Waals surface area contributed by atoms with Crippen LogP contribution >= 0.6 is 11.3 Å². The van der Waals surface area contributed by atoms with Crippen LogP contribution in [-0.4, -0.2) is 11.8 Å². The third-order valence-electron chi connectivity index (χ3n) is 3.03. The first-order valence-electron chi connectivity index (χ1n) is 6.35. The predicted molar refractivity (Wildman–Crippen MR) is 79.5 cm³/mol. The van der Waals surface area contributed by atoms with Crippen molar-refractivity contribution in [2.75, 3.05) is 0 Å². The molecule has 0 saturated carbocycles. The van der Waals surface area contributed by atoms with Crippen molar-refractivity contribution in [1.29, 1.82) is 0 Å². The van der Waals surface area contributed by atoms with Crippen LogP contribution in [0.4, 0.5) is 0 Å². The van der Waals surface area contributed by atoms with Crippen LogP contribution in [0.1, 0.15) is 33.8 Å². The number of primary amides is 1. The van der Waals surface area contributed by atoms with E-state index in [0.29, 0.717) is 10.4 Å². The summed E-state index contributed by atoms with van der Waals surface area (Å²) in [4.78, 5) is 24.5. The summed E-state index contributed by atoms with van der Waals surface area (Å²) in [6.45, 7) is 1.99. The van der Waals surface area contributed by atoms with E-state index in [0.717, 1.165) is 12.0 Å². The summed E-state index contributed by atoms with van der Waals surface area (Å²) in [6, 6.07) is 10.1. The van der Waals surface area contributed by atoms with Crippen molar-refractivity contribution < 1.29 is 9.59 Å². The molecule has 20 heavy (non-hydrogen) atoms. The first-order chi connectivity index (χ1) is 9.63. The van der Waals surface area contributed by atoms with Gasteiger partial charge >= 0.3 is 0 Å². The maximum atomic E-state index is 12.3. The first-order valence-corrected chi connectivity index (χ1v) is 7.23. The SMILES string of the molecule is CCc1ccsc1C(=O)N[C@@H](C(N)=O)c1ccccc1. The predicted octanol–water partition coefficient (Wildman–Crippen LogP) is 2.27. The van der Waals surface area contributed by atoms with E-state index >= 15 is 0 Å². The highest BCUT2D eigenvalue weighted by molar-refractivity contribution is 7.12. The molecule has 0 radical (unpaired) electrons. The average molecular weight is 288 g/mol. The van der Waals surface area contributed by atoms with Gasteiger partial charge in [-0.25, -0.2) is 0 Å². The van der Waals surface area contributed by atoms with Gasteiger partial charge in [-0.1, -0.05) is 37.3 Å². The lowest BCUT2D eigenvalue weighted by Gasteiger charge is -2.15. The number of amides is 2. The number of hydrogen-bond acceptors (Lipinski definition) is 3. The van der Waals surface area contributed by atoms with E-state index in [9.17, 15) is 9.59 Å². The zero-order chi connectivity index (χ0) is 14.5. The number of thiophene rings is 1. The van der Waals surface area contributed by atoms with Gasteiger partial charge in [0.05, 0.1) is 4.88 Å². The van der Waals surface area contributed by atoms with Crippen LogP contribution in [0.2, 0.25) is 0 Å². The van der Waals surface area contributed by atoms with Crippen LogP contribution in [-0.2, 0) is 11.2 Å². The van der Waals surface area contributed by atoms with Crippen molar-refractivity contribution in [1.82, 2.24) is 5.32 Å². The third kappa shape index (κ3) is 3.05. The first kappa shape index (κ1) is 14.3. The monoisotopic (exact) mass is 288 g/mol. The number of nitrogens with two attached hydrogens (primary N) is 1. The van der Waals surface area contributed by atoms with Crippen molar-refractivity contribution in [2.24, 2.45) is 5.73 Å². The van der Waals surface area contributed by atoms with Crippen molar-refractivity contribution >= 4 is 23.2 Å². The minimum Gasteiger partial charge on any atom is -0.368 e. The zero-order valence-corrected chi connectivity index (χ0v) is 11.9. The summed E-state index contributed by atoms with van der Waals surface area (Å²) in [5.74, 6) is -0.830. The summed E-state index contributed by atoms with van der Waals surface area (Å²) >= 11 is 1.37. The molecule has 0 fully saturated rings. The standard InChI is InChI=1S/C15H16N2O2S/c1-2-10-8-9-20-13(10)15(19)17-12(14(16)18)11-6-4-3-5-7-11/h3-9,12H,2H2,1H3,(H2,16,18)(H,17,19)/t12-/m1/s1. The molecule has 3 N–H and O–H groups in total. The van der Waals surface area contributed by atoms with Gasteiger partial charge in [0.1, 0.15) is 6.04 Å². The molecule has 0 spiro atoms. The summed E-state index contributed by atoms with van der Waals surface area (Å²) in [6.07, 6.45) is 0.777. The number of carbonyl (C=O) groups is 2. The average Bonchev–Trinajstić information content (AvgIpc) is 2.93. The van der Waals surface area contributed by atoms with Gasteiger partial charge < -0.3 is 11.1 Å². The number of carbonyl (C=O) groups excluding carboxylic acids is 2. The van der Waals surface area contributed by atoms with E-state index in [1.54, 1.807) is 24.3 Å². The Morgan fingerprint density at radius 2 is 1.95 bits per heavy atom. The van der Waals surface area contributed by atoms with Gasteiger partial charge in [0.15, 0.2) is 0 Å². The lowest BCUT2D eigenvalue weighted by Crippen LogP contribution is -2.37. The van der Waals surface area contributed by atoms with Gasteiger partial charge in [-0.3, -0.25) is 9.59 Å². The highest BCUT2D eigenvalue weighted by Crippen LogP contribution is 2.19. The molecule has 2 aromatic rings. The molecule has 1 atom stereocenters. The Hall–Kier alpha value is -2.14. The number of aryl methyl sites for hydroxylation is 1. The van der Waals surface area contributed by atoms with Crippen molar-refractivity contribution in [3.05, 3.63) is 57.8 Å². The molecule has 1 heterocycles. The van der Waals surface area contributed by atoms with Crippen molar-refractivity contribution in [3.63, 3.8) is 0 Å². The molecule has 2 rings (SSSR count). The van der Waals surface area contributed by atoms with E-state index < -0.39 is 11.9 Å². The van der Waals surface area contributed by atoms with Gasteiger partial charge in [-0.05, 0) is 29.0 Å². The van der Waals surface area contributed by atoms with E-state index in [4.69, 9.17) is 5.73 Å². The zero-order valence-electron chi connectivity index (χ0n) is 11.1. The smallest absolute Gasteiger partial charge is 0.262 e. The van der Waals surface area contributed by atoms with Gasteiger partial charge in [0.2, 0.25) is 5.91 Å². The molecule has 0 aliphatic carbocycles. The molecule has 1 aromatic carbocycles. The van der Waals surface area contributed by atoms with Crippen LogP contribution in [0, 0.1) is 0 Å². The molecule has 104 valence electrons. The van der Waals surface area contributed by atoms with Crippen LogP contribution in [0.3, 0.4) is 0 Å².